The Kier molecular flexibility index (Phi) is 7.44. The second-order valence-electron chi connectivity index (χ2n) is 6.94. The highest BCUT2D eigenvalue weighted by atomic mass is 16.5. The molecule has 1 heterocycles. The molecular weight excluding hydrogens is 368 g/mol. The zero-order chi connectivity index (χ0) is 20.5. The topological polar surface area (TPSA) is 85.4 Å². The van der Waals surface area contributed by atoms with E-state index in [0.717, 1.165) is 24.8 Å². The van der Waals surface area contributed by atoms with Crippen molar-refractivity contribution in [2.24, 2.45) is 0 Å². The minimum absolute atomic E-state index is 0.194. The number of ether oxygens (including phenoxy) is 2. The van der Waals surface area contributed by atoms with Gasteiger partial charge in [0.1, 0.15) is 11.5 Å². The van der Waals surface area contributed by atoms with Crippen molar-refractivity contribution in [2.45, 2.75) is 38.6 Å². The normalized spacial score (nSPS) is 13.4. The third kappa shape index (κ3) is 5.94. The summed E-state index contributed by atoms with van der Waals surface area (Å²) in [4.78, 5) is 20.7. The summed E-state index contributed by atoms with van der Waals surface area (Å²) in [6.45, 7) is 1.18. The van der Waals surface area contributed by atoms with E-state index in [4.69, 9.17) is 9.47 Å². The molecule has 0 aliphatic heterocycles. The van der Waals surface area contributed by atoms with Crippen molar-refractivity contribution in [3.8, 4) is 11.5 Å². The van der Waals surface area contributed by atoms with Crippen molar-refractivity contribution in [2.75, 3.05) is 26.1 Å². The molecule has 1 aromatic heterocycles. The Morgan fingerprint density at radius 2 is 1.97 bits per heavy atom. The van der Waals surface area contributed by atoms with E-state index in [1.165, 1.54) is 24.6 Å². The first-order valence-electron chi connectivity index (χ1n) is 9.92. The highest BCUT2D eigenvalue weighted by Crippen LogP contribution is 2.27. The van der Waals surface area contributed by atoms with Gasteiger partial charge >= 0.3 is 0 Å². The predicted octanol–water partition coefficient (Wildman–Crippen LogP) is 3.73. The Morgan fingerprint density at radius 1 is 1.10 bits per heavy atom. The molecule has 0 atom stereocenters. The molecule has 0 saturated carbocycles. The minimum Gasteiger partial charge on any atom is -0.493 e. The summed E-state index contributed by atoms with van der Waals surface area (Å²) in [5, 5.41) is 6.11. The average Bonchev–Trinajstić information content (AvgIpc) is 2.78. The molecule has 1 aromatic carbocycles. The zero-order valence-corrected chi connectivity index (χ0v) is 17.0. The standard InChI is InChI=1S/C22H28N4O3/c1-28-19-9-8-17(12-20(19)29-2)13-25-21-15-24-18(14-26-21)22(27)23-11-10-16-6-4-3-5-7-16/h6,8-9,12,14-15H,3-5,7,10-11,13H2,1-2H3,(H,23,27)(H,25,26). The molecule has 1 aliphatic carbocycles. The number of carbonyl (C=O) groups excluding carboxylic acids is 1. The summed E-state index contributed by atoms with van der Waals surface area (Å²) in [5.41, 5.74) is 2.78. The van der Waals surface area contributed by atoms with E-state index in [1.54, 1.807) is 20.4 Å². The van der Waals surface area contributed by atoms with Crippen LogP contribution in [0.5, 0.6) is 11.5 Å². The average molecular weight is 396 g/mol. The number of nitrogens with one attached hydrogen (secondary N) is 2. The fraction of sp³-hybridized carbons (Fsp3) is 0.409. The monoisotopic (exact) mass is 396 g/mol. The molecule has 0 fully saturated rings. The Balaban J connectivity index is 1.48. The zero-order valence-electron chi connectivity index (χ0n) is 17.0. The lowest BCUT2D eigenvalue weighted by Crippen LogP contribution is -2.26. The van der Waals surface area contributed by atoms with Crippen LogP contribution in [-0.2, 0) is 6.54 Å². The van der Waals surface area contributed by atoms with Crippen LogP contribution in [0.15, 0.2) is 42.2 Å². The van der Waals surface area contributed by atoms with E-state index in [2.05, 4.69) is 26.7 Å². The SMILES string of the molecule is COc1ccc(CNc2cnc(C(=O)NCCC3=CCCCC3)cn2)cc1OC. The lowest BCUT2D eigenvalue weighted by atomic mass is 9.97. The van der Waals surface area contributed by atoms with Crippen LogP contribution in [0.3, 0.4) is 0 Å². The Morgan fingerprint density at radius 3 is 2.66 bits per heavy atom. The summed E-state index contributed by atoms with van der Waals surface area (Å²) in [5.74, 6) is 1.77. The molecule has 0 radical (unpaired) electrons. The number of allylic oxidation sites excluding steroid dienone is 1. The van der Waals surface area contributed by atoms with Crippen LogP contribution in [0.4, 0.5) is 5.82 Å². The van der Waals surface area contributed by atoms with Crippen LogP contribution in [0.2, 0.25) is 0 Å². The van der Waals surface area contributed by atoms with Crippen molar-refractivity contribution < 1.29 is 14.3 Å². The number of hydrogen-bond acceptors (Lipinski definition) is 6. The predicted molar refractivity (Wildman–Crippen MR) is 112 cm³/mol. The number of rotatable bonds is 9. The van der Waals surface area contributed by atoms with Crippen LogP contribution >= 0.6 is 0 Å². The molecule has 29 heavy (non-hydrogen) atoms. The van der Waals surface area contributed by atoms with Crippen molar-refractivity contribution in [1.82, 2.24) is 15.3 Å². The largest absolute Gasteiger partial charge is 0.493 e. The van der Waals surface area contributed by atoms with E-state index >= 15 is 0 Å². The molecule has 0 unspecified atom stereocenters. The quantitative estimate of drug-likeness (QED) is 0.628. The van der Waals surface area contributed by atoms with Gasteiger partial charge in [0.25, 0.3) is 5.91 Å². The Labute approximate surface area is 171 Å². The maximum Gasteiger partial charge on any atom is 0.271 e. The second kappa shape index (κ2) is 10.5. The highest BCUT2D eigenvalue weighted by Gasteiger charge is 2.09. The summed E-state index contributed by atoms with van der Waals surface area (Å²) < 4.78 is 10.6. The van der Waals surface area contributed by atoms with E-state index in [0.29, 0.717) is 36.1 Å². The fourth-order valence-electron chi connectivity index (χ4n) is 3.28. The summed E-state index contributed by atoms with van der Waals surface area (Å²) in [7, 11) is 3.22. The van der Waals surface area contributed by atoms with E-state index < -0.39 is 0 Å². The van der Waals surface area contributed by atoms with Crippen LogP contribution in [0.25, 0.3) is 0 Å². The summed E-state index contributed by atoms with van der Waals surface area (Å²) in [6, 6.07) is 5.71. The van der Waals surface area contributed by atoms with E-state index in [-0.39, 0.29) is 5.91 Å². The second-order valence-corrected chi connectivity index (χ2v) is 6.94. The maximum atomic E-state index is 12.2. The van der Waals surface area contributed by atoms with Crippen molar-refractivity contribution in [1.29, 1.82) is 0 Å². The number of carbonyl (C=O) groups is 1. The molecule has 0 bridgehead atoms. The highest BCUT2D eigenvalue weighted by molar-refractivity contribution is 5.91. The van der Waals surface area contributed by atoms with E-state index in [9.17, 15) is 4.79 Å². The van der Waals surface area contributed by atoms with Gasteiger partial charge in [-0.15, -0.1) is 0 Å². The van der Waals surface area contributed by atoms with Crippen LogP contribution < -0.4 is 20.1 Å². The van der Waals surface area contributed by atoms with Gasteiger partial charge in [0.2, 0.25) is 0 Å². The van der Waals surface area contributed by atoms with Gasteiger partial charge in [-0.25, -0.2) is 9.97 Å². The molecule has 7 heteroatoms. The minimum atomic E-state index is -0.194. The third-order valence-corrected chi connectivity index (χ3v) is 4.92. The van der Waals surface area contributed by atoms with E-state index in [1.807, 2.05) is 18.2 Å². The molecule has 154 valence electrons. The Hall–Kier alpha value is -3.09. The first kappa shape index (κ1) is 20.6. The maximum absolute atomic E-state index is 12.2. The number of benzene rings is 1. The first-order valence-corrected chi connectivity index (χ1v) is 9.92. The van der Waals surface area contributed by atoms with Gasteiger partial charge in [0.05, 0.1) is 26.6 Å². The molecule has 0 saturated heterocycles. The number of amides is 1. The number of aromatic nitrogens is 2. The fourth-order valence-corrected chi connectivity index (χ4v) is 3.28. The van der Waals surface area contributed by atoms with Crippen molar-refractivity contribution >= 4 is 11.7 Å². The Bertz CT molecular complexity index is 850. The molecule has 1 aliphatic rings. The number of anilines is 1. The lowest BCUT2D eigenvalue weighted by molar-refractivity contribution is 0.0948. The lowest BCUT2D eigenvalue weighted by Gasteiger charge is -2.13. The molecule has 1 amide bonds. The van der Waals surface area contributed by atoms with Gasteiger partial charge in [0, 0.05) is 13.1 Å². The van der Waals surface area contributed by atoms with Gasteiger partial charge in [-0.2, -0.15) is 0 Å². The molecule has 2 aromatic rings. The number of nitrogens with zero attached hydrogens (tertiary/aromatic N) is 2. The van der Waals surface area contributed by atoms with Gasteiger partial charge in [-0.1, -0.05) is 17.7 Å². The number of methoxy groups -OCH3 is 2. The van der Waals surface area contributed by atoms with Crippen molar-refractivity contribution in [3.63, 3.8) is 0 Å². The third-order valence-electron chi connectivity index (χ3n) is 4.92. The summed E-state index contributed by atoms with van der Waals surface area (Å²) in [6.07, 6.45) is 11.1. The van der Waals surface area contributed by atoms with Gasteiger partial charge < -0.3 is 20.1 Å². The molecule has 7 nitrogen and oxygen atoms in total. The first-order chi connectivity index (χ1) is 14.2. The van der Waals surface area contributed by atoms with Crippen LogP contribution in [0, 0.1) is 0 Å². The number of hydrogen-bond donors (Lipinski definition) is 2. The van der Waals surface area contributed by atoms with Gasteiger partial charge in [-0.05, 0) is 49.8 Å². The molecular formula is C22H28N4O3. The molecule has 3 rings (SSSR count). The molecule has 0 spiro atoms. The van der Waals surface area contributed by atoms with Crippen LogP contribution in [-0.4, -0.2) is 36.6 Å². The smallest absolute Gasteiger partial charge is 0.271 e. The van der Waals surface area contributed by atoms with Gasteiger partial charge in [-0.3, -0.25) is 4.79 Å². The van der Waals surface area contributed by atoms with Gasteiger partial charge in [0.15, 0.2) is 11.5 Å². The summed E-state index contributed by atoms with van der Waals surface area (Å²) >= 11 is 0. The molecule has 2 N–H and O–H groups in total. The van der Waals surface area contributed by atoms with Crippen molar-refractivity contribution in [3.05, 3.63) is 53.5 Å². The van der Waals surface area contributed by atoms with Crippen LogP contribution in [0.1, 0.15) is 48.2 Å².